The Bertz CT molecular complexity index is 1170. The van der Waals surface area contributed by atoms with Crippen molar-refractivity contribution in [2.45, 2.75) is 38.6 Å². The van der Waals surface area contributed by atoms with E-state index in [-0.39, 0.29) is 11.8 Å². The number of para-hydroxylation sites is 2. The van der Waals surface area contributed by atoms with Crippen molar-refractivity contribution in [1.29, 1.82) is 0 Å². The molecule has 0 spiro atoms. The fourth-order valence-corrected chi connectivity index (χ4v) is 4.07. The minimum atomic E-state index is -0.925. The normalized spacial score (nSPS) is 14.6. The highest BCUT2D eigenvalue weighted by atomic mass is 32.2. The number of ether oxygens (including phenoxy) is 2. The third-order valence-electron chi connectivity index (χ3n) is 4.73. The van der Waals surface area contributed by atoms with Crippen molar-refractivity contribution in [2.24, 2.45) is 0 Å². The molecule has 0 saturated heterocycles. The first-order valence-electron chi connectivity index (χ1n) is 10.2. The fourth-order valence-electron chi connectivity index (χ4n) is 3.44. The summed E-state index contributed by atoms with van der Waals surface area (Å²) in [5.74, 6) is 0.692. The van der Waals surface area contributed by atoms with Gasteiger partial charge in [0.1, 0.15) is 5.75 Å². The molecule has 0 saturated carbocycles. The highest BCUT2D eigenvalue weighted by Crippen LogP contribution is 2.44. The summed E-state index contributed by atoms with van der Waals surface area (Å²) in [7, 11) is 0. The lowest BCUT2D eigenvalue weighted by atomic mass is 10.1. The molecule has 4 rings (SSSR count). The standard InChI is InChI=1S/C23H22N4O4S/c1-4-13-32-23-24-21-20(25-26-23)16-9-5-7-11-18(16)27(14(2)28)22(31-21)17-10-6-8-12-19(17)30-15(3)29/h5-12,22H,4,13H2,1-3H3/t22-/m1/s1. The van der Waals surface area contributed by atoms with E-state index in [4.69, 9.17) is 9.47 Å². The summed E-state index contributed by atoms with van der Waals surface area (Å²) in [5.41, 5.74) is 2.24. The van der Waals surface area contributed by atoms with Gasteiger partial charge in [0, 0.05) is 25.2 Å². The number of hydrogen-bond acceptors (Lipinski definition) is 8. The van der Waals surface area contributed by atoms with Crippen LogP contribution in [0.5, 0.6) is 11.6 Å². The van der Waals surface area contributed by atoms with E-state index in [2.05, 4.69) is 22.1 Å². The zero-order chi connectivity index (χ0) is 22.7. The molecule has 0 N–H and O–H groups in total. The minimum Gasteiger partial charge on any atom is -0.447 e. The molecule has 0 fully saturated rings. The van der Waals surface area contributed by atoms with Gasteiger partial charge in [0.2, 0.25) is 23.2 Å². The van der Waals surface area contributed by atoms with Crippen molar-refractivity contribution in [2.75, 3.05) is 10.7 Å². The van der Waals surface area contributed by atoms with Gasteiger partial charge < -0.3 is 9.47 Å². The molecule has 2 aromatic carbocycles. The molecule has 32 heavy (non-hydrogen) atoms. The molecular weight excluding hydrogens is 428 g/mol. The maximum atomic E-state index is 12.9. The van der Waals surface area contributed by atoms with Crippen LogP contribution in [0.1, 0.15) is 39.0 Å². The number of carbonyl (C=O) groups excluding carboxylic acids is 2. The Morgan fingerprint density at radius 1 is 1.09 bits per heavy atom. The quantitative estimate of drug-likeness (QED) is 0.320. The predicted octanol–water partition coefficient (Wildman–Crippen LogP) is 4.41. The zero-order valence-electron chi connectivity index (χ0n) is 17.9. The van der Waals surface area contributed by atoms with E-state index >= 15 is 0 Å². The van der Waals surface area contributed by atoms with Gasteiger partial charge in [0.05, 0.1) is 11.3 Å². The van der Waals surface area contributed by atoms with E-state index in [1.165, 1.54) is 30.5 Å². The summed E-state index contributed by atoms with van der Waals surface area (Å²) in [5, 5.41) is 9.12. The lowest BCUT2D eigenvalue weighted by Gasteiger charge is -2.30. The summed E-state index contributed by atoms with van der Waals surface area (Å²) in [4.78, 5) is 30.7. The average Bonchev–Trinajstić information content (AvgIpc) is 2.92. The SMILES string of the molecule is CCCSc1nnc2c(n1)O[C@H](c1ccccc1OC(C)=O)N(C(C)=O)c1ccccc1-2. The molecule has 164 valence electrons. The van der Waals surface area contributed by atoms with Crippen molar-refractivity contribution >= 4 is 29.3 Å². The lowest BCUT2D eigenvalue weighted by molar-refractivity contribution is -0.132. The van der Waals surface area contributed by atoms with E-state index in [0.29, 0.717) is 33.4 Å². The van der Waals surface area contributed by atoms with E-state index in [9.17, 15) is 9.59 Å². The topological polar surface area (TPSA) is 94.5 Å². The van der Waals surface area contributed by atoms with Crippen LogP contribution in [0.3, 0.4) is 0 Å². The number of rotatable bonds is 5. The Hall–Kier alpha value is -3.46. The van der Waals surface area contributed by atoms with Crippen LogP contribution in [0.4, 0.5) is 5.69 Å². The molecule has 0 bridgehead atoms. The zero-order valence-corrected chi connectivity index (χ0v) is 18.8. The Labute approximate surface area is 190 Å². The molecule has 3 aromatic rings. The molecule has 1 atom stereocenters. The first kappa shape index (κ1) is 21.8. The van der Waals surface area contributed by atoms with Crippen LogP contribution in [-0.2, 0) is 9.59 Å². The number of thioether (sulfide) groups is 1. The summed E-state index contributed by atoms with van der Waals surface area (Å²) in [6.45, 7) is 4.86. The molecule has 1 aliphatic heterocycles. The van der Waals surface area contributed by atoms with Crippen molar-refractivity contribution in [3.8, 4) is 22.9 Å². The van der Waals surface area contributed by atoms with Gasteiger partial charge in [0.25, 0.3) is 0 Å². The van der Waals surface area contributed by atoms with Gasteiger partial charge in [-0.3, -0.25) is 14.5 Å². The second kappa shape index (κ2) is 9.35. The van der Waals surface area contributed by atoms with Gasteiger partial charge in [-0.2, -0.15) is 4.98 Å². The third kappa shape index (κ3) is 4.29. The van der Waals surface area contributed by atoms with Gasteiger partial charge in [-0.15, -0.1) is 10.2 Å². The number of amides is 1. The molecular formula is C23H22N4O4S. The number of nitrogens with zero attached hydrogens (tertiary/aromatic N) is 4. The summed E-state index contributed by atoms with van der Waals surface area (Å²) in [6.07, 6.45) is 0.0388. The fraction of sp³-hybridized carbons (Fsp3) is 0.261. The smallest absolute Gasteiger partial charge is 0.308 e. The van der Waals surface area contributed by atoms with E-state index in [1.807, 2.05) is 24.3 Å². The number of carbonyl (C=O) groups is 2. The highest BCUT2D eigenvalue weighted by molar-refractivity contribution is 7.99. The first-order valence-corrected chi connectivity index (χ1v) is 11.2. The average molecular weight is 451 g/mol. The van der Waals surface area contributed by atoms with Crippen LogP contribution in [0.25, 0.3) is 11.3 Å². The molecule has 2 heterocycles. The van der Waals surface area contributed by atoms with Crippen LogP contribution >= 0.6 is 11.8 Å². The summed E-state index contributed by atoms with van der Waals surface area (Å²) >= 11 is 1.48. The van der Waals surface area contributed by atoms with Gasteiger partial charge in [-0.25, -0.2) is 0 Å². The van der Waals surface area contributed by atoms with Crippen molar-refractivity contribution in [3.63, 3.8) is 0 Å². The van der Waals surface area contributed by atoms with Crippen LogP contribution in [0.15, 0.2) is 53.7 Å². The van der Waals surface area contributed by atoms with Crippen LogP contribution in [0.2, 0.25) is 0 Å². The maximum absolute atomic E-state index is 12.9. The molecule has 8 nitrogen and oxygen atoms in total. The van der Waals surface area contributed by atoms with Gasteiger partial charge in [-0.1, -0.05) is 49.0 Å². The molecule has 0 aliphatic carbocycles. The second-order valence-electron chi connectivity index (χ2n) is 7.10. The number of fused-ring (bicyclic) bond motifs is 3. The monoisotopic (exact) mass is 450 g/mol. The Kier molecular flexibility index (Phi) is 6.36. The number of hydrogen-bond donors (Lipinski definition) is 0. The van der Waals surface area contributed by atoms with Gasteiger partial charge in [0.15, 0.2) is 5.69 Å². The molecule has 0 radical (unpaired) electrons. The van der Waals surface area contributed by atoms with Crippen LogP contribution in [0, 0.1) is 0 Å². The largest absolute Gasteiger partial charge is 0.447 e. The number of anilines is 1. The van der Waals surface area contributed by atoms with Crippen molar-refractivity contribution < 1.29 is 19.1 Å². The minimum absolute atomic E-state index is 0.249. The second-order valence-corrected chi connectivity index (χ2v) is 8.17. The van der Waals surface area contributed by atoms with Crippen LogP contribution in [-0.4, -0.2) is 32.8 Å². The Morgan fingerprint density at radius 3 is 2.59 bits per heavy atom. The van der Waals surface area contributed by atoms with E-state index < -0.39 is 12.2 Å². The Morgan fingerprint density at radius 2 is 1.84 bits per heavy atom. The third-order valence-corrected chi connectivity index (χ3v) is 5.77. The number of esters is 1. The highest BCUT2D eigenvalue weighted by Gasteiger charge is 2.36. The molecule has 0 unspecified atom stereocenters. The van der Waals surface area contributed by atoms with E-state index in [0.717, 1.165) is 12.2 Å². The summed E-state index contributed by atoms with van der Waals surface area (Å²) < 4.78 is 11.7. The first-order chi connectivity index (χ1) is 15.5. The lowest BCUT2D eigenvalue weighted by Crippen LogP contribution is -2.36. The maximum Gasteiger partial charge on any atom is 0.308 e. The van der Waals surface area contributed by atoms with Crippen molar-refractivity contribution in [3.05, 3.63) is 54.1 Å². The summed E-state index contributed by atoms with van der Waals surface area (Å²) in [6, 6.07) is 14.3. The van der Waals surface area contributed by atoms with E-state index in [1.54, 1.807) is 24.3 Å². The number of aromatic nitrogens is 3. The molecule has 1 aliphatic rings. The predicted molar refractivity (Wildman–Crippen MR) is 121 cm³/mol. The van der Waals surface area contributed by atoms with Crippen molar-refractivity contribution in [1.82, 2.24) is 15.2 Å². The number of benzene rings is 2. The molecule has 1 amide bonds. The molecule has 1 aromatic heterocycles. The Balaban J connectivity index is 1.92. The van der Waals surface area contributed by atoms with Crippen LogP contribution < -0.4 is 14.4 Å². The van der Waals surface area contributed by atoms with Gasteiger partial charge in [-0.05, 0) is 24.6 Å². The van der Waals surface area contributed by atoms with Gasteiger partial charge >= 0.3 is 5.97 Å². The molecule has 9 heteroatoms.